The van der Waals surface area contributed by atoms with Gasteiger partial charge in [-0.3, -0.25) is 0 Å². The van der Waals surface area contributed by atoms with E-state index in [-0.39, 0.29) is 5.41 Å². The Labute approximate surface area is 153 Å². The molecule has 0 fully saturated rings. The first-order valence-corrected chi connectivity index (χ1v) is 8.87. The molecule has 0 amide bonds. The molecule has 0 saturated carbocycles. The molecule has 1 aromatic heterocycles. The molecule has 0 spiro atoms. The van der Waals surface area contributed by atoms with E-state index >= 15 is 0 Å². The zero-order chi connectivity index (χ0) is 19.6. The molecule has 1 aliphatic carbocycles. The Balaban J connectivity index is 2.11. The Morgan fingerprint density at radius 3 is 2.44 bits per heavy atom. The van der Waals surface area contributed by atoms with Gasteiger partial charge in [0, 0.05) is 20.3 Å². The predicted octanol–water partition coefficient (Wildman–Crippen LogP) is 5.36. The average molecular weight is 330 g/mol. The van der Waals surface area contributed by atoms with Gasteiger partial charge in [0.2, 0.25) is 5.69 Å². The molecular weight excluding hydrogens is 302 g/mol. The van der Waals surface area contributed by atoms with E-state index in [4.69, 9.17) is 2.74 Å². The monoisotopic (exact) mass is 330 g/mol. The highest BCUT2D eigenvalue weighted by atomic mass is 14.9. The van der Waals surface area contributed by atoms with Crippen LogP contribution in [0, 0.1) is 6.92 Å². The summed E-state index contributed by atoms with van der Waals surface area (Å²) in [4.78, 5) is 0. The standard InChI is InChI=1S/C24H26N/c1-6-17-10-9-11-18-19-14-13-16(2)21(20-12-7-8-15-25(20)5)23(19)24(3,4)22(17)18/h7-15H,6H2,1-5H3/q+1/i6D2. The molecule has 1 aliphatic rings. The second-order valence-corrected chi connectivity index (χ2v) is 7.48. The van der Waals surface area contributed by atoms with Crippen LogP contribution < -0.4 is 4.57 Å². The second kappa shape index (κ2) is 5.56. The van der Waals surface area contributed by atoms with Crippen LogP contribution in [-0.2, 0) is 18.8 Å². The molecule has 0 bridgehead atoms. The van der Waals surface area contributed by atoms with Crippen molar-refractivity contribution in [3.8, 4) is 22.4 Å². The molecule has 0 saturated heterocycles. The normalized spacial score (nSPS) is 16.0. The number of nitrogens with zero attached hydrogens (tertiary/aromatic N) is 1. The van der Waals surface area contributed by atoms with Crippen molar-refractivity contribution < 1.29 is 7.31 Å². The molecule has 0 atom stereocenters. The molecule has 4 rings (SSSR count). The van der Waals surface area contributed by atoms with Crippen molar-refractivity contribution in [3.63, 3.8) is 0 Å². The minimum atomic E-state index is -1.38. The number of fused-ring (bicyclic) bond motifs is 3. The SMILES string of the molecule is [2H]C([2H])(C)c1cccc2c1C(C)(C)c1c-2ccc(C)c1-c1cccc[n+]1C. The molecule has 3 aromatic rings. The number of pyridine rings is 1. The second-order valence-electron chi connectivity index (χ2n) is 7.48. The Bertz CT molecular complexity index is 1060. The summed E-state index contributed by atoms with van der Waals surface area (Å²) in [5.41, 5.74) is 9.04. The fourth-order valence-electron chi connectivity index (χ4n) is 4.48. The smallest absolute Gasteiger partial charge is 0.201 e. The van der Waals surface area contributed by atoms with Crippen molar-refractivity contribution in [3.05, 3.63) is 77.0 Å². The van der Waals surface area contributed by atoms with Crippen LogP contribution in [0.2, 0.25) is 0 Å². The van der Waals surface area contributed by atoms with Gasteiger partial charge in [-0.2, -0.15) is 0 Å². The van der Waals surface area contributed by atoms with Crippen LogP contribution in [0.3, 0.4) is 0 Å². The summed E-state index contributed by atoms with van der Waals surface area (Å²) in [5.74, 6) is 0. The average Bonchev–Trinajstić information content (AvgIpc) is 2.83. The summed E-state index contributed by atoms with van der Waals surface area (Å²) in [5, 5.41) is 0. The fraction of sp³-hybridized carbons (Fsp3) is 0.292. The minimum absolute atomic E-state index is 0.269. The van der Waals surface area contributed by atoms with Crippen molar-refractivity contribution in [1.82, 2.24) is 0 Å². The van der Waals surface area contributed by atoms with Crippen LogP contribution in [0.4, 0.5) is 0 Å². The summed E-state index contributed by atoms with van der Waals surface area (Å²) in [7, 11) is 2.08. The maximum absolute atomic E-state index is 8.38. The molecule has 0 N–H and O–H groups in total. The summed E-state index contributed by atoms with van der Waals surface area (Å²) in [6.45, 7) is 8.30. The van der Waals surface area contributed by atoms with Crippen LogP contribution >= 0.6 is 0 Å². The number of hydrogen-bond donors (Lipinski definition) is 0. The quantitative estimate of drug-likeness (QED) is 0.557. The van der Waals surface area contributed by atoms with E-state index < -0.39 is 6.37 Å². The van der Waals surface area contributed by atoms with Gasteiger partial charge in [0.05, 0.1) is 5.56 Å². The summed E-state index contributed by atoms with van der Waals surface area (Å²) >= 11 is 0. The predicted molar refractivity (Wildman–Crippen MR) is 105 cm³/mol. The van der Waals surface area contributed by atoms with Gasteiger partial charge in [0.1, 0.15) is 7.05 Å². The van der Waals surface area contributed by atoms with Gasteiger partial charge in [0.25, 0.3) is 0 Å². The Hall–Kier alpha value is -2.41. The van der Waals surface area contributed by atoms with E-state index in [0.717, 1.165) is 16.7 Å². The maximum Gasteiger partial charge on any atom is 0.212 e. The fourth-order valence-corrected chi connectivity index (χ4v) is 4.48. The lowest BCUT2D eigenvalue weighted by atomic mass is 9.76. The first-order chi connectivity index (χ1) is 12.6. The van der Waals surface area contributed by atoms with E-state index in [0.29, 0.717) is 0 Å². The van der Waals surface area contributed by atoms with Crippen molar-refractivity contribution in [2.75, 3.05) is 0 Å². The van der Waals surface area contributed by atoms with Crippen molar-refractivity contribution in [2.45, 2.75) is 39.5 Å². The van der Waals surface area contributed by atoms with Gasteiger partial charge in [0.15, 0.2) is 6.20 Å². The molecule has 126 valence electrons. The summed E-state index contributed by atoms with van der Waals surface area (Å²) in [6.07, 6.45) is 0.705. The van der Waals surface area contributed by atoms with Crippen molar-refractivity contribution in [2.24, 2.45) is 7.05 Å². The van der Waals surface area contributed by atoms with Gasteiger partial charge in [-0.05, 0) is 52.7 Å². The van der Waals surface area contributed by atoms with Gasteiger partial charge < -0.3 is 0 Å². The van der Waals surface area contributed by atoms with Crippen LogP contribution in [-0.4, -0.2) is 0 Å². The molecule has 2 aromatic carbocycles. The van der Waals surface area contributed by atoms with E-state index in [9.17, 15) is 0 Å². The summed E-state index contributed by atoms with van der Waals surface area (Å²) < 4.78 is 18.9. The zero-order valence-electron chi connectivity index (χ0n) is 17.6. The third-order valence-corrected chi connectivity index (χ3v) is 5.60. The number of aromatic nitrogens is 1. The highest BCUT2D eigenvalue weighted by Crippen LogP contribution is 2.53. The molecule has 0 aliphatic heterocycles. The minimum Gasteiger partial charge on any atom is -0.201 e. The number of aryl methyl sites for hydroxylation is 3. The number of benzene rings is 2. The van der Waals surface area contributed by atoms with Crippen LogP contribution in [0.25, 0.3) is 22.4 Å². The molecule has 1 nitrogen and oxygen atoms in total. The van der Waals surface area contributed by atoms with Crippen LogP contribution in [0.5, 0.6) is 0 Å². The lowest BCUT2D eigenvalue weighted by molar-refractivity contribution is -0.660. The molecule has 1 heteroatoms. The van der Waals surface area contributed by atoms with E-state index in [1.807, 2.05) is 18.2 Å². The topological polar surface area (TPSA) is 3.88 Å². The molecule has 0 unspecified atom stereocenters. The third kappa shape index (κ3) is 2.18. The molecular formula is C24H26N+. The van der Waals surface area contributed by atoms with Crippen molar-refractivity contribution >= 4 is 0 Å². The zero-order valence-corrected chi connectivity index (χ0v) is 15.6. The highest BCUT2D eigenvalue weighted by Gasteiger charge is 2.40. The lowest BCUT2D eigenvalue weighted by Gasteiger charge is -2.26. The Kier molecular flexibility index (Phi) is 3.07. The van der Waals surface area contributed by atoms with E-state index in [1.54, 1.807) is 6.92 Å². The molecule has 0 radical (unpaired) electrons. The first-order valence-electron chi connectivity index (χ1n) is 9.87. The molecule has 1 heterocycles. The number of hydrogen-bond acceptors (Lipinski definition) is 0. The lowest BCUT2D eigenvalue weighted by Crippen LogP contribution is -2.31. The Morgan fingerprint density at radius 1 is 0.960 bits per heavy atom. The van der Waals surface area contributed by atoms with Gasteiger partial charge >= 0.3 is 0 Å². The maximum atomic E-state index is 8.38. The van der Waals surface area contributed by atoms with Gasteiger partial charge in [-0.25, -0.2) is 4.57 Å². The summed E-state index contributed by atoms with van der Waals surface area (Å²) in [6, 6.07) is 16.8. The van der Waals surface area contributed by atoms with Crippen LogP contribution in [0.15, 0.2) is 54.7 Å². The van der Waals surface area contributed by atoms with Crippen molar-refractivity contribution in [1.29, 1.82) is 0 Å². The van der Waals surface area contributed by atoms with Crippen LogP contribution in [0.1, 0.15) is 45.8 Å². The third-order valence-electron chi connectivity index (χ3n) is 5.60. The largest absolute Gasteiger partial charge is 0.212 e. The van der Waals surface area contributed by atoms with E-state index in [1.165, 1.54) is 27.9 Å². The van der Waals surface area contributed by atoms with E-state index in [2.05, 4.69) is 68.9 Å². The molecule has 25 heavy (non-hydrogen) atoms. The number of rotatable bonds is 2. The van der Waals surface area contributed by atoms with Gasteiger partial charge in [-0.1, -0.05) is 51.1 Å². The first kappa shape index (κ1) is 13.8. The Morgan fingerprint density at radius 2 is 1.72 bits per heavy atom. The highest BCUT2D eigenvalue weighted by molar-refractivity contribution is 5.89. The van der Waals surface area contributed by atoms with Gasteiger partial charge in [-0.15, -0.1) is 0 Å².